The summed E-state index contributed by atoms with van der Waals surface area (Å²) in [7, 11) is 0. The zero-order valence-corrected chi connectivity index (χ0v) is 10.7. The first-order valence-electron chi connectivity index (χ1n) is 6.12. The van der Waals surface area contributed by atoms with Crippen LogP contribution in [0.25, 0.3) is 0 Å². The first-order chi connectivity index (χ1) is 7.05. The molecule has 0 aromatic rings. The first kappa shape index (κ1) is 12.9. The molecule has 1 aliphatic heterocycles. The highest BCUT2D eigenvalue weighted by molar-refractivity contribution is 4.77. The number of nitrogens with zero attached hydrogens (tertiary/aromatic N) is 1. The summed E-state index contributed by atoms with van der Waals surface area (Å²) in [5.74, 6) is 0. The second-order valence-corrected chi connectivity index (χ2v) is 5.12. The maximum absolute atomic E-state index is 5.42. The molecule has 1 aliphatic rings. The maximum atomic E-state index is 5.42. The van der Waals surface area contributed by atoms with Crippen LogP contribution in [0.4, 0.5) is 0 Å². The van der Waals surface area contributed by atoms with Crippen LogP contribution in [0.2, 0.25) is 0 Å². The predicted octanol–water partition coefficient (Wildman–Crippen LogP) is 1.49. The molecule has 0 amide bonds. The van der Waals surface area contributed by atoms with Gasteiger partial charge in [-0.1, -0.05) is 6.92 Å². The Hall–Kier alpha value is -0.120. The van der Waals surface area contributed by atoms with Crippen LogP contribution in [0.15, 0.2) is 0 Å². The lowest BCUT2D eigenvalue weighted by molar-refractivity contribution is -0.000257. The van der Waals surface area contributed by atoms with Gasteiger partial charge in [0.25, 0.3) is 0 Å². The largest absolute Gasteiger partial charge is 0.379 e. The summed E-state index contributed by atoms with van der Waals surface area (Å²) in [5, 5.41) is 3.59. The van der Waals surface area contributed by atoms with Gasteiger partial charge >= 0.3 is 0 Å². The van der Waals surface area contributed by atoms with E-state index in [0.717, 1.165) is 32.8 Å². The Morgan fingerprint density at radius 1 is 1.47 bits per heavy atom. The van der Waals surface area contributed by atoms with Crippen LogP contribution in [0.1, 0.15) is 34.1 Å². The van der Waals surface area contributed by atoms with E-state index in [1.165, 1.54) is 6.42 Å². The van der Waals surface area contributed by atoms with Crippen molar-refractivity contribution in [3.63, 3.8) is 0 Å². The molecule has 0 radical (unpaired) electrons. The Morgan fingerprint density at radius 3 is 2.80 bits per heavy atom. The third kappa shape index (κ3) is 4.49. The number of nitrogens with one attached hydrogen (secondary N) is 1. The van der Waals surface area contributed by atoms with E-state index in [4.69, 9.17) is 4.74 Å². The van der Waals surface area contributed by atoms with E-state index in [0.29, 0.717) is 6.04 Å². The van der Waals surface area contributed by atoms with E-state index < -0.39 is 0 Å². The molecule has 1 unspecified atom stereocenters. The SMILES string of the molecule is CCC(C)(C)NCCN1CCOCC1C. The van der Waals surface area contributed by atoms with Crippen LogP contribution in [0, 0.1) is 0 Å². The average Bonchev–Trinajstić information content (AvgIpc) is 2.21. The molecule has 3 nitrogen and oxygen atoms in total. The summed E-state index contributed by atoms with van der Waals surface area (Å²) in [6.07, 6.45) is 1.17. The molecule has 90 valence electrons. The van der Waals surface area contributed by atoms with Crippen LogP contribution < -0.4 is 5.32 Å². The van der Waals surface area contributed by atoms with Crippen LogP contribution >= 0.6 is 0 Å². The lowest BCUT2D eigenvalue weighted by atomic mass is 10.0. The van der Waals surface area contributed by atoms with Crippen molar-refractivity contribution in [1.82, 2.24) is 10.2 Å². The smallest absolute Gasteiger partial charge is 0.0619 e. The molecule has 0 aromatic carbocycles. The second kappa shape index (κ2) is 5.83. The minimum Gasteiger partial charge on any atom is -0.379 e. The Balaban J connectivity index is 2.19. The number of hydrogen-bond donors (Lipinski definition) is 1. The molecule has 1 heterocycles. The van der Waals surface area contributed by atoms with E-state index >= 15 is 0 Å². The van der Waals surface area contributed by atoms with E-state index in [2.05, 4.69) is 37.9 Å². The van der Waals surface area contributed by atoms with Crippen molar-refractivity contribution >= 4 is 0 Å². The number of ether oxygens (including phenoxy) is 1. The lowest BCUT2D eigenvalue weighted by Crippen LogP contribution is -2.49. The fourth-order valence-corrected chi connectivity index (χ4v) is 1.76. The summed E-state index contributed by atoms with van der Waals surface area (Å²) >= 11 is 0. The van der Waals surface area contributed by atoms with E-state index in [9.17, 15) is 0 Å². The minimum absolute atomic E-state index is 0.273. The number of rotatable bonds is 5. The molecule has 1 fully saturated rings. The average molecular weight is 214 g/mol. The van der Waals surface area contributed by atoms with Crippen LogP contribution in [0.3, 0.4) is 0 Å². The highest BCUT2D eigenvalue weighted by Crippen LogP contribution is 2.08. The maximum Gasteiger partial charge on any atom is 0.0619 e. The molecule has 3 heteroatoms. The van der Waals surface area contributed by atoms with Gasteiger partial charge in [-0.2, -0.15) is 0 Å². The van der Waals surface area contributed by atoms with Crippen LogP contribution in [-0.2, 0) is 4.74 Å². The Labute approximate surface area is 94.2 Å². The molecule has 0 saturated carbocycles. The third-order valence-electron chi connectivity index (χ3n) is 3.39. The van der Waals surface area contributed by atoms with Gasteiger partial charge in [0.2, 0.25) is 0 Å². The molecule has 0 aromatic heterocycles. The van der Waals surface area contributed by atoms with Gasteiger partial charge in [-0.05, 0) is 27.2 Å². The fourth-order valence-electron chi connectivity index (χ4n) is 1.76. The quantitative estimate of drug-likeness (QED) is 0.750. The van der Waals surface area contributed by atoms with Gasteiger partial charge in [0.1, 0.15) is 0 Å². The van der Waals surface area contributed by atoms with Crippen molar-refractivity contribution in [2.45, 2.75) is 45.7 Å². The summed E-state index contributed by atoms with van der Waals surface area (Å²) in [4.78, 5) is 2.50. The normalized spacial score (nSPS) is 24.4. The fraction of sp³-hybridized carbons (Fsp3) is 1.00. The molecule has 15 heavy (non-hydrogen) atoms. The summed E-state index contributed by atoms with van der Waals surface area (Å²) in [6, 6.07) is 0.574. The van der Waals surface area contributed by atoms with Crippen molar-refractivity contribution < 1.29 is 4.74 Å². The summed E-state index contributed by atoms with van der Waals surface area (Å²) in [6.45, 7) is 14.0. The zero-order valence-electron chi connectivity index (χ0n) is 10.7. The topological polar surface area (TPSA) is 24.5 Å². The van der Waals surface area contributed by atoms with E-state index in [1.807, 2.05) is 0 Å². The lowest BCUT2D eigenvalue weighted by Gasteiger charge is -2.34. The van der Waals surface area contributed by atoms with Gasteiger partial charge in [0.15, 0.2) is 0 Å². The number of hydrogen-bond acceptors (Lipinski definition) is 3. The van der Waals surface area contributed by atoms with Gasteiger partial charge < -0.3 is 10.1 Å². The third-order valence-corrected chi connectivity index (χ3v) is 3.39. The molecular formula is C12H26N2O. The van der Waals surface area contributed by atoms with E-state index in [-0.39, 0.29) is 5.54 Å². The van der Waals surface area contributed by atoms with Crippen LogP contribution in [-0.4, -0.2) is 49.3 Å². The first-order valence-corrected chi connectivity index (χ1v) is 6.12. The summed E-state index contributed by atoms with van der Waals surface area (Å²) in [5.41, 5.74) is 0.273. The highest BCUT2D eigenvalue weighted by Gasteiger charge is 2.19. The van der Waals surface area contributed by atoms with Crippen molar-refractivity contribution in [3.05, 3.63) is 0 Å². The second-order valence-electron chi connectivity index (χ2n) is 5.12. The Kier molecular flexibility index (Phi) is 5.03. The minimum atomic E-state index is 0.273. The van der Waals surface area contributed by atoms with Gasteiger partial charge in [-0.15, -0.1) is 0 Å². The monoisotopic (exact) mass is 214 g/mol. The zero-order chi connectivity index (χ0) is 11.3. The van der Waals surface area contributed by atoms with Crippen molar-refractivity contribution in [2.75, 3.05) is 32.8 Å². The van der Waals surface area contributed by atoms with Crippen LogP contribution in [0.5, 0.6) is 0 Å². The molecular weight excluding hydrogens is 188 g/mol. The molecule has 1 saturated heterocycles. The Bertz CT molecular complexity index is 182. The molecule has 0 bridgehead atoms. The van der Waals surface area contributed by atoms with Crippen molar-refractivity contribution in [2.24, 2.45) is 0 Å². The highest BCUT2D eigenvalue weighted by atomic mass is 16.5. The summed E-state index contributed by atoms with van der Waals surface area (Å²) < 4.78 is 5.42. The van der Waals surface area contributed by atoms with Crippen molar-refractivity contribution in [1.29, 1.82) is 0 Å². The van der Waals surface area contributed by atoms with Crippen molar-refractivity contribution in [3.8, 4) is 0 Å². The predicted molar refractivity (Wildman–Crippen MR) is 64.2 cm³/mol. The molecule has 0 aliphatic carbocycles. The molecule has 1 atom stereocenters. The Morgan fingerprint density at radius 2 is 2.20 bits per heavy atom. The van der Waals surface area contributed by atoms with E-state index in [1.54, 1.807) is 0 Å². The standard InChI is InChI=1S/C12H26N2O/c1-5-12(3,4)13-6-7-14-8-9-15-10-11(14)2/h11,13H,5-10H2,1-4H3. The van der Waals surface area contributed by atoms with Gasteiger partial charge in [-0.3, -0.25) is 4.90 Å². The van der Waals surface area contributed by atoms with Gasteiger partial charge in [0, 0.05) is 31.2 Å². The molecule has 0 spiro atoms. The molecule has 1 N–H and O–H groups in total. The van der Waals surface area contributed by atoms with Gasteiger partial charge in [0.05, 0.1) is 13.2 Å². The number of morpholine rings is 1. The molecule has 1 rings (SSSR count). The van der Waals surface area contributed by atoms with Gasteiger partial charge in [-0.25, -0.2) is 0 Å².